The van der Waals surface area contributed by atoms with E-state index in [4.69, 9.17) is 4.74 Å². The largest absolute Gasteiger partial charge is 0.378 e. The highest BCUT2D eigenvalue weighted by Crippen LogP contribution is 2.18. The second-order valence-corrected chi connectivity index (χ2v) is 6.84. The number of rotatable bonds is 3. The number of urea groups is 1. The molecule has 3 saturated heterocycles. The van der Waals surface area contributed by atoms with Crippen molar-refractivity contribution in [2.24, 2.45) is 0 Å². The molecule has 26 heavy (non-hydrogen) atoms. The molecule has 3 heterocycles. The van der Waals surface area contributed by atoms with E-state index in [1.807, 2.05) is 28.0 Å². The van der Waals surface area contributed by atoms with Gasteiger partial charge >= 0.3 is 6.03 Å². The summed E-state index contributed by atoms with van der Waals surface area (Å²) in [6.45, 7) is 5.77. The molecule has 3 aliphatic rings. The van der Waals surface area contributed by atoms with Crippen LogP contribution in [0.1, 0.15) is 5.56 Å². The lowest BCUT2D eigenvalue weighted by molar-refractivity contribution is -0.128. The molecular weight excluding hydrogens is 332 g/mol. The summed E-state index contributed by atoms with van der Waals surface area (Å²) in [6, 6.07) is 8.33. The fraction of sp³-hybridized carbons (Fsp3) is 0.474. The van der Waals surface area contributed by atoms with Crippen LogP contribution in [0.3, 0.4) is 0 Å². The van der Waals surface area contributed by atoms with Gasteiger partial charge in [-0.25, -0.2) is 4.79 Å². The van der Waals surface area contributed by atoms with Crippen LogP contribution in [0.2, 0.25) is 0 Å². The van der Waals surface area contributed by atoms with E-state index >= 15 is 0 Å². The molecule has 1 atom stereocenters. The molecule has 0 bridgehead atoms. The molecule has 0 aromatic heterocycles. The number of ether oxygens (including phenoxy) is 1. The SMILES string of the molecule is O=C(/C=C/c1ccc(N2CCOCC2)cc1)N1CCN2C(=O)NC[C@@H]2C1. The van der Waals surface area contributed by atoms with Gasteiger partial charge < -0.3 is 24.8 Å². The van der Waals surface area contributed by atoms with Gasteiger partial charge in [-0.15, -0.1) is 0 Å². The summed E-state index contributed by atoms with van der Waals surface area (Å²) in [6.07, 6.45) is 3.49. The van der Waals surface area contributed by atoms with Crippen molar-refractivity contribution in [1.82, 2.24) is 15.1 Å². The summed E-state index contributed by atoms with van der Waals surface area (Å²) in [7, 11) is 0. The van der Waals surface area contributed by atoms with Gasteiger partial charge in [0.2, 0.25) is 5.91 Å². The van der Waals surface area contributed by atoms with Gasteiger partial charge in [-0.3, -0.25) is 4.79 Å². The highest BCUT2D eigenvalue weighted by atomic mass is 16.5. The van der Waals surface area contributed by atoms with E-state index < -0.39 is 0 Å². The molecule has 4 rings (SSSR count). The van der Waals surface area contributed by atoms with Crippen LogP contribution in [0, 0.1) is 0 Å². The molecule has 0 aliphatic carbocycles. The van der Waals surface area contributed by atoms with Gasteiger partial charge in [0, 0.05) is 51.0 Å². The van der Waals surface area contributed by atoms with Gasteiger partial charge in [0.1, 0.15) is 0 Å². The van der Waals surface area contributed by atoms with Gasteiger partial charge in [0.15, 0.2) is 0 Å². The zero-order chi connectivity index (χ0) is 17.9. The van der Waals surface area contributed by atoms with E-state index in [1.165, 1.54) is 5.69 Å². The summed E-state index contributed by atoms with van der Waals surface area (Å²) in [4.78, 5) is 30.0. The summed E-state index contributed by atoms with van der Waals surface area (Å²) < 4.78 is 5.38. The van der Waals surface area contributed by atoms with Crippen molar-refractivity contribution in [3.63, 3.8) is 0 Å². The number of anilines is 1. The topological polar surface area (TPSA) is 65.1 Å². The standard InChI is InChI=1S/C19H24N4O3/c24-18(22-7-8-23-17(14-22)13-20-19(23)25)6-3-15-1-4-16(5-2-15)21-9-11-26-12-10-21/h1-6,17H,7-14H2,(H,20,25)/b6-3+/t17-/m1/s1. The zero-order valence-electron chi connectivity index (χ0n) is 14.8. The van der Waals surface area contributed by atoms with E-state index in [1.54, 1.807) is 6.08 Å². The Morgan fingerprint density at radius 2 is 1.88 bits per heavy atom. The van der Waals surface area contributed by atoms with Crippen LogP contribution in [-0.4, -0.2) is 80.3 Å². The normalized spacial score (nSPS) is 23.3. The Labute approximate surface area is 153 Å². The molecule has 0 saturated carbocycles. The van der Waals surface area contributed by atoms with Crippen LogP contribution in [0.25, 0.3) is 6.08 Å². The first kappa shape index (κ1) is 16.9. The highest BCUT2D eigenvalue weighted by molar-refractivity contribution is 5.92. The van der Waals surface area contributed by atoms with E-state index in [0.29, 0.717) is 26.2 Å². The molecule has 7 nitrogen and oxygen atoms in total. The van der Waals surface area contributed by atoms with Crippen molar-refractivity contribution >= 4 is 23.7 Å². The first-order valence-electron chi connectivity index (χ1n) is 9.15. The molecule has 3 amide bonds. The third kappa shape index (κ3) is 3.53. The van der Waals surface area contributed by atoms with Crippen LogP contribution in [0.15, 0.2) is 30.3 Å². The maximum Gasteiger partial charge on any atom is 0.317 e. The lowest BCUT2D eigenvalue weighted by atomic mass is 10.1. The predicted molar refractivity (Wildman–Crippen MR) is 99.0 cm³/mol. The Balaban J connectivity index is 1.34. The monoisotopic (exact) mass is 356 g/mol. The number of benzene rings is 1. The van der Waals surface area contributed by atoms with Crippen molar-refractivity contribution in [2.45, 2.75) is 6.04 Å². The minimum Gasteiger partial charge on any atom is -0.378 e. The lowest BCUT2D eigenvalue weighted by Gasteiger charge is -2.35. The fourth-order valence-electron chi connectivity index (χ4n) is 3.69. The van der Waals surface area contributed by atoms with Gasteiger partial charge in [0.25, 0.3) is 0 Å². The van der Waals surface area contributed by atoms with E-state index in [9.17, 15) is 9.59 Å². The summed E-state index contributed by atoms with van der Waals surface area (Å²) >= 11 is 0. The van der Waals surface area contributed by atoms with Crippen LogP contribution in [0.4, 0.5) is 10.5 Å². The van der Waals surface area contributed by atoms with Gasteiger partial charge in [-0.1, -0.05) is 12.1 Å². The number of nitrogens with zero attached hydrogens (tertiary/aromatic N) is 3. The number of fused-ring (bicyclic) bond motifs is 1. The maximum atomic E-state index is 12.4. The zero-order valence-corrected chi connectivity index (χ0v) is 14.8. The first-order valence-corrected chi connectivity index (χ1v) is 9.15. The number of nitrogens with one attached hydrogen (secondary N) is 1. The Morgan fingerprint density at radius 1 is 1.12 bits per heavy atom. The minimum atomic E-state index is -0.0157. The average molecular weight is 356 g/mol. The molecule has 0 spiro atoms. The third-order valence-electron chi connectivity index (χ3n) is 5.23. The van der Waals surface area contributed by atoms with Gasteiger partial charge in [0.05, 0.1) is 19.3 Å². The van der Waals surface area contributed by atoms with Crippen molar-refractivity contribution in [3.05, 3.63) is 35.9 Å². The number of hydrogen-bond donors (Lipinski definition) is 1. The molecule has 1 aromatic carbocycles. The smallest absolute Gasteiger partial charge is 0.317 e. The van der Waals surface area contributed by atoms with E-state index in [0.717, 1.165) is 31.9 Å². The third-order valence-corrected chi connectivity index (χ3v) is 5.23. The first-order chi connectivity index (χ1) is 12.7. The quantitative estimate of drug-likeness (QED) is 0.813. The summed E-state index contributed by atoms with van der Waals surface area (Å²) in [5, 5.41) is 2.83. The molecule has 7 heteroatoms. The Hall–Kier alpha value is -2.54. The number of carbonyl (C=O) groups is 2. The van der Waals surface area contributed by atoms with Crippen LogP contribution >= 0.6 is 0 Å². The molecule has 1 aromatic rings. The van der Waals surface area contributed by atoms with Crippen molar-refractivity contribution in [1.29, 1.82) is 0 Å². The number of carbonyl (C=O) groups excluding carboxylic acids is 2. The number of amides is 3. The molecule has 3 aliphatic heterocycles. The van der Waals surface area contributed by atoms with Gasteiger partial charge in [-0.05, 0) is 23.8 Å². The molecule has 3 fully saturated rings. The summed E-state index contributed by atoms with van der Waals surface area (Å²) in [5.74, 6) is 0.00116. The van der Waals surface area contributed by atoms with Crippen LogP contribution in [0.5, 0.6) is 0 Å². The van der Waals surface area contributed by atoms with Crippen LogP contribution in [-0.2, 0) is 9.53 Å². The van der Waals surface area contributed by atoms with Crippen molar-refractivity contribution in [2.75, 3.05) is 57.4 Å². The molecule has 0 radical (unpaired) electrons. The van der Waals surface area contributed by atoms with E-state index in [-0.39, 0.29) is 18.0 Å². The van der Waals surface area contributed by atoms with Crippen LogP contribution < -0.4 is 10.2 Å². The van der Waals surface area contributed by atoms with E-state index in [2.05, 4.69) is 22.3 Å². The molecule has 1 N–H and O–H groups in total. The van der Waals surface area contributed by atoms with Gasteiger partial charge in [-0.2, -0.15) is 0 Å². The predicted octanol–water partition coefficient (Wildman–Crippen LogP) is 0.772. The number of piperazine rings is 1. The fourth-order valence-corrected chi connectivity index (χ4v) is 3.69. The molecule has 138 valence electrons. The maximum absolute atomic E-state index is 12.4. The Morgan fingerprint density at radius 3 is 2.65 bits per heavy atom. The Kier molecular flexibility index (Phi) is 4.79. The molecule has 0 unspecified atom stereocenters. The number of morpholine rings is 1. The minimum absolute atomic E-state index is 0.00116. The lowest BCUT2D eigenvalue weighted by Crippen LogP contribution is -2.53. The molecular formula is C19H24N4O3. The van der Waals surface area contributed by atoms with Crippen molar-refractivity contribution < 1.29 is 14.3 Å². The van der Waals surface area contributed by atoms with Crippen molar-refractivity contribution in [3.8, 4) is 0 Å². The second-order valence-electron chi connectivity index (χ2n) is 6.84. The highest BCUT2D eigenvalue weighted by Gasteiger charge is 2.36. The Bertz CT molecular complexity index is 697. The summed E-state index contributed by atoms with van der Waals surface area (Å²) in [5.41, 5.74) is 2.19. The number of hydrogen-bond acceptors (Lipinski definition) is 4. The second kappa shape index (κ2) is 7.37. The average Bonchev–Trinajstić information content (AvgIpc) is 3.07.